The molecule has 2 aromatic rings. The molecule has 0 aliphatic carbocycles. The van der Waals surface area contributed by atoms with Gasteiger partial charge in [-0.2, -0.15) is 5.10 Å². The third kappa shape index (κ3) is 3.64. The molecule has 1 saturated heterocycles. The molecular weight excluding hydrogens is 326 g/mol. The van der Waals surface area contributed by atoms with Gasteiger partial charge in [0, 0.05) is 30.5 Å². The number of aromatic amines is 1. The highest BCUT2D eigenvalue weighted by atomic mass is 32.2. The zero-order valence-corrected chi connectivity index (χ0v) is 15.1. The maximum Gasteiger partial charge on any atom is 0.211 e. The third-order valence-electron chi connectivity index (χ3n) is 4.52. The molecule has 130 valence electrons. The summed E-state index contributed by atoms with van der Waals surface area (Å²) in [6.07, 6.45) is 7.45. The zero-order valence-electron chi connectivity index (χ0n) is 14.3. The Hall–Kier alpha value is -1.80. The molecule has 7 nitrogen and oxygen atoms in total. The fraction of sp³-hybridized carbons (Fsp3) is 0.562. The lowest BCUT2D eigenvalue weighted by molar-refractivity contribution is 0.265. The first-order valence-corrected chi connectivity index (χ1v) is 9.97. The number of hydrogen-bond acceptors (Lipinski definition) is 5. The zero-order chi connectivity index (χ0) is 17.3. The number of hydrogen-bond donors (Lipinski definition) is 1. The first-order valence-electron chi connectivity index (χ1n) is 8.12. The van der Waals surface area contributed by atoms with Crippen molar-refractivity contribution in [2.24, 2.45) is 5.92 Å². The minimum Gasteiger partial charge on any atom is -0.282 e. The predicted molar refractivity (Wildman–Crippen MR) is 91.9 cm³/mol. The summed E-state index contributed by atoms with van der Waals surface area (Å²) in [7, 11) is -3.12. The van der Waals surface area contributed by atoms with Crippen LogP contribution in [0.2, 0.25) is 0 Å². The monoisotopic (exact) mass is 349 g/mol. The van der Waals surface area contributed by atoms with Crippen molar-refractivity contribution in [3.8, 4) is 11.3 Å². The van der Waals surface area contributed by atoms with Crippen molar-refractivity contribution in [2.75, 3.05) is 19.3 Å². The molecule has 1 N–H and O–H groups in total. The van der Waals surface area contributed by atoms with Crippen molar-refractivity contribution < 1.29 is 8.42 Å². The number of nitrogens with zero attached hydrogens (tertiary/aromatic N) is 4. The van der Waals surface area contributed by atoms with Gasteiger partial charge in [-0.05, 0) is 39.0 Å². The molecular formula is C16H23N5O2S. The number of H-pyrrole nitrogens is 1. The van der Waals surface area contributed by atoms with Crippen molar-refractivity contribution in [3.63, 3.8) is 0 Å². The molecule has 0 aromatic carbocycles. The molecule has 0 bridgehead atoms. The van der Waals surface area contributed by atoms with Crippen LogP contribution in [0.4, 0.5) is 0 Å². The van der Waals surface area contributed by atoms with Crippen LogP contribution in [0, 0.1) is 19.8 Å². The molecule has 3 rings (SSSR count). The fourth-order valence-electron chi connectivity index (χ4n) is 3.34. The molecule has 24 heavy (non-hydrogen) atoms. The lowest BCUT2D eigenvalue weighted by atomic mass is 9.95. The van der Waals surface area contributed by atoms with Gasteiger partial charge in [0.05, 0.1) is 29.5 Å². The van der Waals surface area contributed by atoms with Crippen molar-refractivity contribution in [1.29, 1.82) is 0 Å². The predicted octanol–water partition coefficient (Wildman–Crippen LogP) is 1.70. The quantitative estimate of drug-likeness (QED) is 0.907. The average Bonchev–Trinajstić information content (AvgIpc) is 2.86. The Balaban J connectivity index is 1.78. The van der Waals surface area contributed by atoms with Crippen LogP contribution in [0.25, 0.3) is 11.3 Å². The summed E-state index contributed by atoms with van der Waals surface area (Å²) in [6, 6.07) is 0. The van der Waals surface area contributed by atoms with Gasteiger partial charge in [0.1, 0.15) is 0 Å². The van der Waals surface area contributed by atoms with Crippen LogP contribution in [0.15, 0.2) is 12.4 Å². The molecule has 8 heteroatoms. The number of aromatic nitrogens is 4. The highest BCUT2D eigenvalue weighted by Crippen LogP contribution is 2.25. The van der Waals surface area contributed by atoms with E-state index in [4.69, 9.17) is 4.98 Å². The average molecular weight is 349 g/mol. The van der Waals surface area contributed by atoms with E-state index in [1.54, 1.807) is 16.7 Å². The molecule has 3 heterocycles. The Labute approximate surface area is 142 Å². The van der Waals surface area contributed by atoms with Crippen molar-refractivity contribution >= 4 is 10.0 Å². The Morgan fingerprint density at radius 2 is 2.12 bits per heavy atom. The van der Waals surface area contributed by atoms with E-state index in [0.717, 1.165) is 47.6 Å². The number of rotatable bonds is 4. The van der Waals surface area contributed by atoms with Gasteiger partial charge in [-0.3, -0.25) is 10.1 Å². The lowest BCUT2D eigenvalue weighted by Gasteiger charge is -2.30. The van der Waals surface area contributed by atoms with Crippen LogP contribution in [0.5, 0.6) is 0 Å². The van der Waals surface area contributed by atoms with Crippen molar-refractivity contribution in [3.05, 3.63) is 29.5 Å². The Morgan fingerprint density at radius 1 is 1.33 bits per heavy atom. The van der Waals surface area contributed by atoms with Crippen molar-refractivity contribution in [1.82, 2.24) is 24.5 Å². The first kappa shape index (κ1) is 17.0. The lowest BCUT2D eigenvalue weighted by Crippen LogP contribution is -2.39. The number of piperidine rings is 1. The summed E-state index contributed by atoms with van der Waals surface area (Å²) >= 11 is 0. The number of aryl methyl sites for hydroxylation is 2. The van der Waals surface area contributed by atoms with E-state index < -0.39 is 10.0 Å². The molecule has 1 aliphatic rings. The normalized spacial score (nSPS) is 19.5. The van der Waals surface area contributed by atoms with Gasteiger partial charge >= 0.3 is 0 Å². The van der Waals surface area contributed by atoms with E-state index in [1.807, 2.05) is 13.8 Å². The van der Waals surface area contributed by atoms with Gasteiger partial charge in [-0.15, -0.1) is 0 Å². The summed E-state index contributed by atoms with van der Waals surface area (Å²) in [6.45, 7) is 5.09. The standard InChI is InChI=1S/C16H23N5O2S/c1-11-16(12(2)20-19-11)15-9-17-8-14(18-15)7-13-5-4-6-21(10-13)24(3,22)23/h8-9,13H,4-7,10H2,1-3H3,(H,19,20)/t13-/m0/s1. The summed E-state index contributed by atoms with van der Waals surface area (Å²) in [4.78, 5) is 9.05. The van der Waals surface area contributed by atoms with E-state index in [-0.39, 0.29) is 5.92 Å². The van der Waals surface area contributed by atoms with Crippen LogP contribution in [0.3, 0.4) is 0 Å². The SMILES string of the molecule is Cc1n[nH]c(C)c1-c1cncc(C[C@@H]2CCCN(S(C)(=O)=O)C2)n1. The maximum atomic E-state index is 11.8. The van der Waals surface area contributed by atoms with E-state index >= 15 is 0 Å². The molecule has 0 radical (unpaired) electrons. The van der Waals surface area contributed by atoms with Crippen molar-refractivity contribution in [2.45, 2.75) is 33.1 Å². The van der Waals surface area contributed by atoms with Gasteiger partial charge in [-0.25, -0.2) is 17.7 Å². The first-order chi connectivity index (χ1) is 11.3. The summed E-state index contributed by atoms with van der Waals surface area (Å²) in [5, 5.41) is 7.18. The molecule has 0 spiro atoms. The largest absolute Gasteiger partial charge is 0.282 e. The van der Waals surface area contributed by atoms with Crippen LogP contribution in [-0.2, 0) is 16.4 Å². The van der Waals surface area contributed by atoms with Gasteiger partial charge in [0.15, 0.2) is 0 Å². The number of sulfonamides is 1. The molecule has 2 aromatic heterocycles. The van der Waals surface area contributed by atoms with Gasteiger partial charge < -0.3 is 0 Å². The van der Waals surface area contributed by atoms with Crippen LogP contribution >= 0.6 is 0 Å². The third-order valence-corrected chi connectivity index (χ3v) is 5.79. The highest BCUT2D eigenvalue weighted by Gasteiger charge is 2.26. The summed E-state index contributed by atoms with van der Waals surface area (Å²) in [5.41, 5.74) is 4.57. The topological polar surface area (TPSA) is 91.8 Å². The number of nitrogens with one attached hydrogen (secondary N) is 1. The summed E-state index contributed by atoms with van der Waals surface area (Å²) in [5.74, 6) is 0.282. The second-order valence-corrected chi connectivity index (χ2v) is 8.52. The maximum absolute atomic E-state index is 11.8. The minimum atomic E-state index is -3.12. The second kappa shape index (κ2) is 6.60. The highest BCUT2D eigenvalue weighted by molar-refractivity contribution is 7.88. The Morgan fingerprint density at radius 3 is 2.79 bits per heavy atom. The van der Waals surface area contributed by atoms with Crippen LogP contribution in [0.1, 0.15) is 29.9 Å². The molecule has 1 aliphatic heterocycles. The molecule has 0 saturated carbocycles. The van der Waals surface area contributed by atoms with Gasteiger partial charge in [-0.1, -0.05) is 0 Å². The fourth-order valence-corrected chi connectivity index (χ4v) is 4.29. The van der Waals surface area contributed by atoms with Crippen LogP contribution < -0.4 is 0 Å². The molecule has 0 amide bonds. The van der Waals surface area contributed by atoms with E-state index in [1.165, 1.54) is 6.26 Å². The van der Waals surface area contributed by atoms with Crippen LogP contribution in [-0.4, -0.2) is 52.2 Å². The second-order valence-electron chi connectivity index (χ2n) is 6.54. The van der Waals surface area contributed by atoms with E-state index in [0.29, 0.717) is 13.1 Å². The summed E-state index contributed by atoms with van der Waals surface area (Å²) < 4.78 is 25.1. The Bertz CT molecular complexity index is 811. The Kier molecular flexibility index (Phi) is 4.69. The molecule has 1 fully saturated rings. The molecule has 1 atom stereocenters. The van der Waals surface area contributed by atoms with E-state index in [2.05, 4.69) is 15.2 Å². The molecule has 0 unspecified atom stereocenters. The van der Waals surface area contributed by atoms with Gasteiger partial charge in [0.25, 0.3) is 0 Å². The minimum absolute atomic E-state index is 0.282. The van der Waals surface area contributed by atoms with Gasteiger partial charge in [0.2, 0.25) is 10.0 Å². The van der Waals surface area contributed by atoms with E-state index in [9.17, 15) is 8.42 Å². The smallest absolute Gasteiger partial charge is 0.211 e.